The number of hydrogen-bond donors (Lipinski definition) is 4. The van der Waals surface area contributed by atoms with Crippen LogP contribution in [0.1, 0.15) is 0 Å². The number of carbonyl (C=O) groups is 4. The highest BCUT2D eigenvalue weighted by Gasteiger charge is 2.80. The van der Waals surface area contributed by atoms with Gasteiger partial charge in [0.1, 0.15) is 10.8 Å². The van der Waals surface area contributed by atoms with E-state index in [0.717, 1.165) is 0 Å². The van der Waals surface area contributed by atoms with Gasteiger partial charge in [0, 0.05) is 37.9 Å². The van der Waals surface area contributed by atoms with Crippen molar-refractivity contribution in [3.63, 3.8) is 0 Å². The molecule has 0 unspecified atom stereocenters. The molecule has 6 amide bonds. The van der Waals surface area contributed by atoms with Crippen LogP contribution in [-0.2, 0) is 22.7 Å². The molecule has 2 aliphatic heterocycles. The van der Waals surface area contributed by atoms with Crippen LogP contribution in [0, 0.1) is 10.8 Å². The molecule has 3 aliphatic rings. The molecule has 0 radical (unpaired) electrons. The van der Waals surface area contributed by atoms with E-state index >= 15 is 0 Å². The fraction of sp³-hybridized carbons (Fsp3) is 0.375. The minimum atomic E-state index is -1.25. The smallest absolute Gasteiger partial charge is 0.321 e. The summed E-state index contributed by atoms with van der Waals surface area (Å²) in [5.74, 6) is -1.09. The number of fused-ring (bicyclic) bond motifs is 4. The van der Waals surface area contributed by atoms with Crippen LogP contribution in [0.2, 0.25) is 0 Å². The Bertz CT molecular complexity index is 894. The molecule has 2 aromatic heterocycles. The molecule has 2 aromatic rings. The van der Waals surface area contributed by atoms with Crippen molar-refractivity contribution in [1.82, 2.24) is 40.4 Å². The molecule has 12 nitrogen and oxygen atoms in total. The van der Waals surface area contributed by atoms with Crippen LogP contribution in [-0.4, -0.2) is 55.1 Å². The molecule has 0 aromatic carbocycles. The molecule has 3 fully saturated rings. The Morgan fingerprint density at radius 1 is 0.786 bits per heavy atom. The predicted octanol–water partition coefficient (Wildman–Crippen LogP) is -1.82. The molecule has 1 aliphatic carbocycles. The first kappa shape index (κ1) is 16.5. The lowest BCUT2D eigenvalue weighted by atomic mass is 9.42. The molecule has 0 bridgehead atoms. The van der Waals surface area contributed by atoms with Crippen LogP contribution in [0.25, 0.3) is 0 Å². The van der Waals surface area contributed by atoms with Gasteiger partial charge in [0.25, 0.3) is 0 Å². The Morgan fingerprint density at radius 3 is 1.57 bits per heavy atom. The zero-order valence-electron chi connectivity index (χ0n) is 14.5. The number of imide groups is 2. The van der Waals surface area contributed by atoms with Gasteiger partial charge in [-0.05, 0) is 0 Å². The van der Waals surface area contributed by atoms with E-state index in [4.69, 9.17) is 0 Å². The van der Waals surface area contributed by atoms with Crippen molar-refractivity contribution in [2.24, 2.45) is 10.8 Å². The second-order valence-corrected chi connectivity index (χ2v) is 7.27. The van der Waals surface area contributed by atoms with Gasteiger partial charge in [0.15, 0.2) is 0 Å². The SMILES string of the molecule is O=C1NC(=O)C2(Cn3ccnc3)C(N1)C1(Cn3ccnc3)C(=O)NC(=O)NC21. The molecule has 0 atom stereocenters. The Morgan fingerprint density at radius 2 is 1.21 bits per heavy atom. The number of imidazole rings is 2. The molecule has 2 saturated heterocycles. The summed E-state index contributed by atoms with van der Waals surface area (Å²) in [6, 6.07) is -3.03. The number of hydrogen-bond acceptors (Lipinski definition) is 6. The van der Waals surface area contributed by atoms with Crippen LogP contribution in [0.3, 0.4) is 0 Å². The molecule has 0 spiro atoms. The van der Waals surface area contributed by atoms with Gasteiger partial charge in [0.2, 0.25) is 11.8 Å². The van der Waals surface area contributed by atoms with Crippen molar-refractivity contribution in [3.8, 4) is 0 Å². The van der Waals surface area contributed by atoms with E-state index in [0.29, 0.717) is 0 Å². The summed E-state index contributed by atoms with van der Waals surface area (Å²) >= 11 is 0. The zero-order valence-corrected chi connectivity index (χ0v) is 14.5. The summed E-state index contributed by atoms with van der Waals surface area (Å²) in [6.07, 6.45) is 9.56. The zero-order chi connectivity index (χ0) is 19.5. The normalized spacial score (nSPS) is 33.6. The molecule has 28 heavy (non-hydrogen) atoms. The third-order valence-electron chi connectivity index (χ3n) is 5.92. The van der Waals surface area contributed by atoms with Crippen LogP contribution in [0.5, 0.6) is 0 Å². The van der Waals surface area contributed by atoms with Gasteiger partial charge in [-0.2, -0.15) is 0 Å². The Hall–Kier alpha value is -3.70. The number of urea groups is 2. The van der Waals surface area contributed by atoms with Crippen LogP contribution < -0.4 is 21.3 Å². The van der Waals surface area contributed by atoms with E-state index in [9.17, 15) is 19.2 Å². The minimum absolute atomic E-state index is 0.133. The van der Waals surface area contributed by atoms with Crippen molar-refractivity contribution in [1.29, 1.82) is 0 Å². The van der Waals surface area contributed by atoms with Crippen LogP contribution >= 0.6 is 0 Å². The average Bonchev–Trinajstić information content (AvgIpc) is 3.33. The summed E-state index contributed by atoms with van der Waals surface area (Å²) in [5, 5.41) is 10.0. The second kappa shape index (κ2) is 5.41. The van der Waals surface area contributed by atoms with Gasteiger partial charge in [-0.1, -0.05) is 0 Å². The van der Waals surface area contributed by atoms with Crippen molar-refractivity contribution in [2.45, 2.75) is 25.2 Å². The maximum atomic E-state index is 13.0. The number of nitrogens with zero attached hydrogens (tertiary/aromatic N) is 4. The quantitative estimate of drug-likeness (QED) is 0.487. The van der Waals surface area contributed by atoms with Gasteiger partial charge >= 0.3 is 12.1 Å². The van der Waals surface area contributed by atoms with Gasteiger partial charge in [-0.3, -0.25) is 20.2 Å². The van der Waals surface area contributed by atoms with Crippen LogP contribution in [0.15, 0.2) is 37.4 Å². The summed E-state index contributed by atoms with van der Waals surface area (Å²) in [4.78, 5) is 58.2. The number of nitrogens with one attached hydrogen (secondary N) is 4. The minimum Gasteiger partial charge on any atom is -0.336 e. The van der Waals surface area contributed by atoms with Crippen molar-refractivity contribution >= 4 is 23.9 Å². The topological polar surface area (TPSA) is 152 Å². The maximum absolute atomic E-state index is 13.0. The van der Waals surface area contributed by atoms with Gasteiger partial charge in [-0.25, -0.2) is 19.6 Å². The third kappa shape index (κ3) is 1.94. The molecular weight excluding hydrogens is 368 g/mol. The predicted molar refractivity (Wildman–Crippen MR) is 90.2 cm³/mol. The fourth-order valence-electron chi connectivity index (χ4n) is 4.84. The highest BCUT2D eigenvalue weighted by molar-refractivity contribution is 6.09. The van der Waals surface area contributed by atoms with Gasteiger partial charge in [0.05, 0.1) is 24.7 Å². The number of aromatic nitrogens is 4. The van der Waals surface area contributed by atoms with E-state index in [1.165, 1.54) is 12.7 Å². The number of amides is 6. The molecule has 4 heterocycles. The summed E-state index contributed by atoms with van der Waals surface area (Å²) in [5.41, 5.74) is -2.49. The van der Waals surface area contributed by atoms with E-state index in [1.807, 2.05) is 0 Å². The highest BCUT2D eigenvalue weighted by atomic mass is 16.2. The monoisotopic (exact) mass is 384 g/mol. The largest absolute Gasteiger partial charge is 0.336 e. The molecule has 12 heteroatoms. The van der Waals surface area contributed by atoms with E-state index < -0.39 is 46.8 Å². The average molecular weight is 384 g/mol. The molecule has 4 N–H and O–H groups in total. The first-order valence-corrected chi connectivity index (χ1v) is 8.62. The van der Waals surface area contributed by atoms with Crippen molar-refractivity contribution in [2.75, 3.05) is 0 Å². The standard InChI is InChI=1S/C16H16N8O4/c25-11-15(5-23-3-1-17-7-23)9(19-13(27)21-11)16(6-24-4-2-18-8-24)10(15)20-14(28)22-12(16)26/h1-4,7-10H,5-6H2,(H2,19,21,25,27)(H2,20,22,26,28). The molecule has 144 valence electrons. The summed E-state index contributed by atoms with van der Waals surface area (Å²) in [6.45, 7) is 0.265. The van der Waals surface area contributed by atoms with Gasteiger partial charge in [-0.15, -0.1) is 0 Å². The Balaban J connectivity index is 1.64. The lowest BCUT2D eigenvalue weighted by molar-refractivity contribution is -0.187. The fourth-order valence-corrected chi connectivity index (χ4v) is 4.84. The van der Waals surface area contributed by atoms with Crippen molar-refractivity contribution < 1.29 is 19.2 Å². The maximum Gasteiger partial charge on any atom is 0.321 e. The Labute approximate surface area is 157 Å². The lowest BCUT2D eigenvalue weighted by Gasteiger charge is -2.68. The highest BCUT2D eigenvalue weighted by Crippen LogP contribution is 2.58. The Kier molecular flexibility index (Phi) is 3.18. The van der Waals surface area contributed by atoms with E-state index in [-0.39, 0.29) is 13.1 Å². The summed E-state index contributed by atoms with van der Waals surface area (Å²) in [7, 11) is 0. The van der Waals surface area contributed by atoms with Crippen LogP contribution in [0.4, 0.5) is 9.59 Å². The second-order valence-electron chi connectivity index (χ2n) is 7.27. The molecule has 1 saturated carbocycles. The lowest BCUT2D eigenvalue weighted by Crippen LogP contribution is -2.93. The summed E-state index contributed by atoms with van der Waals surface area (Å²) < 4.78 is 3.37. The first-order valence-electron chi connectivity index (χ1n) is 8.62. The number of carbonyl (C=O) groups excluding carboxylic acids is 4. The van der Waals surface area contributed by atoms with Crippen molar-refractivity contribution in [3.05, 3.63) is 37.4 Å². The molecular formula is C16H16N8O4. The third-order valence-corrected chi connectivity index (χ3v) is 5.92. The van der Waals surface area contributed by atoms with E-state index in [2.05, 4.69) is 31.2 Å². The first-order chi connectivity index (χ1) is 13.5. The molecule has 5 rings (SSSR count). The van der Waals surface area contributed by atoms with Gasteiger partial charge < -0.3 is 19.8 Å². The number of rotatable bonds is 4. The van der Waals surface area contributed by atoms with E-state index in [1.54, 1.807) is 33.9 Å².